The summed E-state index contributed by atoms with van der Waals surface area (Å²) in [6, 6.07) is 17.3. The van der Waals surface area contributed by atoms with Crippen molar-refractivity contribution in [3.8, 4) is 10.6 Å². The number of aromatic carboxylic acids is 1. The van der Waals surface area contributed by atoms with Crippen LogP contribution < -0.4 is 4.31 Å². The molecule has 3 aromatic rings. The molecule has 0 radical (unpaired) electrons. The number of aromatic nitrogens is 1. The molecule has 0 aliphatic heterocycles. The molecule has 0 saturated heterocycles. The Labute approximate surface area is 143 Å². The molecule has 0 fully saturated rings. The van der Waals surface area contributed by atoms with Gasteiger partial charge in [-0.2, -0.15) is 0 Å². The van der Waals surface area contributed by atoms with Crippen LogP contribution >= 0.6 is 11.3 Å². The van der Waals surface area contributed by atoms with E-state index in [-0.39, 0.29) is 10.7 Å². The quantitative estimate of drug-likeness (QED) is 0.683. The number of nitrogens with zero attached hydrogens (tertiary/aromatic N) is 2. The first-order valence-corrected chi connectivity index (χ1v) is 8.81. The number of hydrogen-bond acceptors (Lipinski definition) is 5. The summed E-state index contributed by atoms with van der Waals surface area (Å²) in [5, 5.41) is 9.93. The van der Waals surface area contributed by atoms with Gasteiger partial charge in [0.1, 0.15) is 10.0 Å². The molecule has 0 unspecified atom stereocenters. The molecule has 0 spiro atoms. The Kier molecular flexibility index (Phi) is 4.59. The first kappa shape index (κ1) is 16.2. The molecule has 0 bridgehead atoms. The van der Waals surface area contributed by atoms with Crippen LogP contribution in [-0.2, 0) is 10.9 Å². The van der Waals surface area contributed by atoms with Gasteiger partial charge in [0, 0.05) is 5.56 Å². The molecule has 24 heavy (non-hydrogen) atoms. The second kappa shape index (κ2) is 6.81. The summed E-state index contributed by atoms with van der Waals surface area (Å²) in [6.07, 6.45) is 0. The third kappa shape index (κ3) is 3.15. The van der Waals surface area contributed by atoms with Crippen LogP contribution in [0.15, 0.2) is 60.7 Å². The molecule has 0 saturated carbocycles. The standard InChI is InChI=1S/C16H12N2O4S2/c19-16(20)13-15(18(24(21)22)12-9-5-2-6-10-12)23-14(17-13)11-7-3-1-4-8-11/h1-10,24H,(H,19,20). The number of benzene rings is 2. The summed E-state index contributed by atoms with van der Waals surface area (Å²) >= 11 is 1.02. The minimum absolute atomic E-state index is 0.0589. The highest BCUT2D eigenvalue weighted by molar-refractivity contribution is 7.74. The summed E-state index contributed by atoms with van der Waals surface area (Å²) < 4.78 is 24.5. The second-order valence-electron chi connectivity index (χ2n) is 4.73. The zero-order valence-electron chi connectivity index (χ0n) is 12.2. The van der Waals surface area contributed by atoms with Gasteiger partial charge >= 0.3 is 5.97 Å². The van der Waals surface area contributed by atoms with Gasteiger partial charge in [0.25, 0.3) is 0 Å². The summed E-state index contributed by atoms with van der Waals surface area (Å²) in [5.41, 5.74) is 0.798. The molecule has 122 valence electrons. The molecular weight excluding hydrogens is 348 g/mol. The van der Waals surface area contributed by atoms with Gasteiger partial charge in [0.15, 0.2) is 5.69 Å². The zero-order chi connectivity index (χ0) is 17.1. The van der Waals surface area contributed by atoms with Crippen molar-refractivity contribution in [3.05, 3.63) is 66.4 Å². The van der Waals surface area contributed by atoms with Crippen LogP contribution in [0.2, 0.25) is 0 Å². The van der Waals surface area contributed by atoms with Crippen LogP contribution in [0.5, 0.6) is 0 Å². The Bertz CT molecular complexity index is 929. The van der Waals surface area contributed by atoms with Crippen molar-refractivity contribution in [2.75, 3.05) is 4.31 Å². The smallest absolute Gasteiger partial charge is 0.357 e. The molecule has 2 aromatic carbocycles. The first-order valence-electron chi connectivity index (χ1n) is 6.87. The maximum absolute atomic E-state index is 11.8. The Morgan fingerprint density at radius 2 is 1.58 bits per heavy atom. The van der Waals surface area contributed by atoms with E-state index in [2.05, 4.69) is 4.98 Å². The van der Waals surface area contributed by atoms with Crippen molar-refractivity contribution < 1.29 is 18.3 Å². The van der Waals surface area contributed by atoms with Crippen LogP contribution in [0.25, 0.3) is 10.6 Å². The Hall–Kier alpha value is -2.71. The van der Waals surface area contributed by atoms with Gasteiger partial charge in [0.2, 0.25) is 10.9 Å². The number of hydrogen-bond donors (Lipinski definition) is 2. The van der Waals surface area contributed by atoms with E-state index in [4.69, 9.17) is 0 Å². The van der Waals surface area contributed by atoms with Gasteiger partial charge < -0.3 is 5.11 Å². The number of carboxylic acids is 1. The van der Waals surface area contributed by atoms with Crippen molar-refractivity contribution in [1.82, 2.24) is 4.98 Å². The molecule has 0 amide bonds. The number of thiol groups is 1. The van der Waals surface area contributed by atoms with E-state index < -0.39 is 16.9 Å². The van der Waals surface area contributed by atoms with E-state index in [0.717, 1.165) is 21.2 Å². The predicted octanol–water partition coefficient (Wildman–Crippen LogP) is 3.17. The van der Waals surface area contributed by atoms with E-state index in [0.29, 0.717) is 10.7 Å². The van der Waals surface area contributed by atoms with Gasteiger partial charge in [-0.3, -0.25) is 0 Å². The van der Waals surface area contributed by atoms with Crippen LogP contribution in [-0.4, -0.2) is 24.5 Å². The van der Waals surface area contributed by atoms with Crippen LogP contribution in [0.4, 0.5) is 10.7 Å². The first-order chi connectivity index (χ1) is 11.6. The minimum atomic E-state index is -3.07. The maximum Gasteiger partial charge on any atom is 0.357 e. The SMILES string of the molecule is O=C(O)c1nc(-c2ccccc2)sc1N(c1ccccc1)[SH](=O)=O. The molecule has 1 aromatic heterocycles. The van der Waals surface area contributed by atoms with Crippen LogP contribution in [0.1, 0.15) is 10.5 Å². The third-order valence-electron chi connectivity index (χ3n) is 3.19. The van der Waals surface area contributed by atoms with E-state index in [1.54, 1.807) is 54.6 Å². The minimum Gasteiger partial charge on any atom is -0.476 e. The number of carboxylic acid groups (broad SMARTS) is 1. The molecule has 1 heterocycles. The number of anilines is 2. The number of carbonyl (C=O) groups is 1. The van der Waals surface area contributed by atoms with Crippen molar-refractivity contribution in [2.24, 2.45) is 0 Å². The lowest BCUT2D eigenvalue weighted by molar-refractivity contribution is 0.0692. The molecule has 1 N–H and O–H groups in total. The van der Waals surface area contributed by atoms with Crippen molar-refractivity contribution in [1.29, 1.82) is 0 Å². The lowest BCUT2D eigenvalue weighted by Gasteiger charge is -2.15. The van der Waals surface area contributed by atoms with E-state index in [1.165, 1.54) is 0 Å². The highest BCUT2D eigenvalue weighted by Gasteiger charge is 2.25. The molecule has 3 rings (SSSR count). The van der Waals surface area contributed by atoms with Crippen LogP contribution in [0, 0.1) is 0 Å². The maximum atomic E-state index is 11.8. The van der Waals surface area contributed by atoms with Gasteiger partial charge in [-0.25, -0.2) is 22.5 Å². The molecular formula is C16H12N2O4S2. The Balaban J connectivity index is 2.18. The molecule has 8 heteroatoms. The van der Waals surface area contributed by atoms with E-state index >= 15 is 0 Å². The Morgan fingerprint density at radius 3 is 2.12 bits per heavy atom. The third-order valence-corrected chi connectivity index (χ3v) is 5.17. The lowest BCUT2D eigenvalue weighted by atomic mass is 10.2. The zero-order valence-corrected chi connectivity index (χ0v) is 13.9. The van der Waals surface area contributed by atoms with Gasteiger partial charge in [-0.1, -0.05) is 59.9 Å². The fourth-order valence-corrected chi connectivity index (χ4v) is 4.04. The van der Waals surface area contributed by atoms with Gasteiger partial charge in [0.05, 0.1) is 5.69 Å². The highest BCUT2D eigenvalue weighted by Crippen LogP contribution is 2.38. The number of thiazole rings is 1. The largest absolute Gasteiger partial charge is 0.476 e. The highest BCUT2D eigenvalue weighted by atomic mass is 32.2. The molecule has 0 aliphatic rings. The van der Waals surface area contributed by atoms with Crippen LogP contribution in [0.3, 0.4) is 0 Å². The van der Waals surface area contributed by atoms with E-state index in [1.807, 2.05) is 6.07 Å². The van der Waals surface area contributed by atoms with Crippen molar-refractivity contribution >= 4 is 38.9 Å². The Morgan fingerprint density at radius 1 is 1.00 bits per heavy atom. The number of rotatable bonds is 5. The fraction of sp³-hybridized carbons (Fsp3) is 0. The lowest BCUT2D eigenvalue weighted by Crippen LogP contribution is -2.16. The summed E-state index contributed by atoms with van der Waals surface area (Å²) in [4.78, 5) is 15.7. The van der Waals surface area contributed by atoms with E-state index in [9.17, 15) is 18.3 Å². The van der Waals surface area contributed by atoms with Gasteiger partial charge in [-0.15, -0.1) is 0 Å². The molecule has 0 aliphatic carbocycles. The van der Waals surface area contributed by atoms with Crippen molar-refractivity contribution in [3.63, 3.8) is 0 Å². The fourth-order valence-electron chi connectivity index (χ4n) is 2.15. The predicted molar refractivity (Wildman–Crippen MR) is 93.4 cm³/mol. The number of para-hydroxylation sites is 1. The molecule has 0 atom stereocenters. The monoisotopic (exact) mass is 360 g/mol. The van der Waals surface area contributed by atoms with Crippen molar-refractivity contribution in [2.45, 2.75) is 0 Å². The summed E-state index contributed by atoms with van der Waals surface area (Å²) in [6.45, 7) is 0. The second-order valence-corrected chi connectivity index (χ2v) is 6.58. The normalized spacial score (nSPS) is 10.7. The molecule has 6 nitrogen and oxygen atoms in total. The average Bonchev–Trinajstić information content (AvgIpc) is 3.01. The average molecular weight is 360 g/mol. The topological polar surface area (TPSA) is 87.6 Å². The summed E-state index contributed by atoms with van der Waals surface area (Å²) in [7, 11) is -3.07. The summed E-state index contributed by atoms with van der Waals surface area (Å²) in [5.74, 6) is -1.28. The van der Waals surface area contributed by atoms with Gasteiger partial charge in [-0.05, 0) is 12.1 Å².